The number of hydrogen-bond donors (Lipinski definition) is 0. The van der Waals surface area contributed by atoms with Crippen molar-refractivity contribution in [1.82, 2.24) is 9.55 Å². The molecule has 0 N–H and O–H groups in total. The van der Waals surface area contributed by atoms with Crippen molar-refractivity contribution >= 4 is 22.6 Å². The van der Waals surface area contributed by atoms with Crippen LogP contribution in [-0.4, -0.2) is 29.1 Å². The van der Waals surface area contributed by atoms with Gasteiger partial charge in [0.25, 0.3) is 0 Å². The fourth-order valence-corrected chi connectivity index (χ4v) is 3.50. The zero-order valence-electron chi connectivity index (χ0n) is 13.8. The summed E-state index contributed by atoms with van der Waals surface area (Å²) >= 11 is 0. The molecule has 1 aromatic heterocycles. The molecule has 4 rings (SSSR count). The highest BCUT2D eigenvalue weighted by atomic mass is 16.5. The summed E-state index contributed by atoms with van der Waals surface area (Å²) in [5, 5.41) is 0. The summed E-state index contributed by atoms with van der Waals surface area (Å²) < 4.78 is 7.50. The second kappa shape index (κ2) is 5.67. The Morgan fingerprint density at radius 1 is 1.12 bits per heavy atom. The first-order valence-electron chi connectivity index (χ1n) is 8.04. The smallest absolute Gasteiger partial charge is 0.227 e. The zero-order chi connectivity index (χ0) is 16.7. The van der Waals surface area contributed by atoms with Gasteiger partial charge >= 0.3 is 0 Å². The van der Waals surface area contributed by atoms with Crippen molar-refractivity contribution in [3.63, 3.8) is 0 Å². The number of imidazole rings is 1. The minimum absolute atomic E-state index is 0.0832. The molecule has 1 amide bonds. The van der Waals surface area contributed by atoms with E-state index in [9.17, 15) is 4.79 Å². The van der Waals surface area contributed by atoms with Gasteiger partial charge in [-0.2, -0.15) is 0 Å². The van der Waals surface area contributed by atoms with E-state index in [0.717, 1.165) is 28.3 Å². The van der Waals surface area contributed by atoms with Crippen molar-refractivity contribution in [3.05, 3.63) is 54.4 Å². The predicted molar refractivity (Wildman–Crippen MR) is 93.4 cm³/mol. The van der Waals surface area contributed by atoms with Gasteiger partial charge in [-0.25, -0.2) is 4.98 Å². The van der Waals surface area contributed by atoms with E-state index in [2.05, 4.69) is 10.6 Å². The quantitative estimate of drug-likeness (QED) is 0.745. The van der Waals surface area contributed by atoms with Crippen molar-refractivity contribution in [2.45, 2.75) is 12.3 Å². The fourth-order valence-electron chi connectivity index (χ4n) is 3.50. The van der Waals surface area contributed by atoms with Gasteiger partial charge in [-0.1, -0.05) is 24.3 Å². The van der Waals surface area contributed by atoms with E-state index in [0.29, 0.717) is 13.0 Å². The monoisotopic (exact) mass is 321 g/mol. The minimum atomic E-state index is 0.0832. The molecule has 3 aromatic rings. The number of rotatable bonds is 3. The van der Waals surface area contributed by atoms with Crippen LogP contribution in [0.3, 0.4) is 0 Å². The Bertz CT molecular complexity index is 916. The Morgan fingerprint density at radius 3 is 2.67 bits per heavy atom. The molecule has 5 heteroatoms. The highest BCUT2D eigenvalue weighted by Crippen LogP contribution is 2.36. The van der Waals surface area contributed by atoms with Crippen LogP contribution in [0.1, 0.15) is 18.2 Å². The average Bonchev–Trinajstić information content (AvgIpc) is 3.15. The standard InChI is InChI=1S/C19H19N3O2/c1-21-15-8-4-3-7-14(15)20-19(21)13-11-18(23)22(12-13)16-9-5-6-10-17(16)24-2/h3-10,13H,11-12H2,1-2H3. The van der Waals surface area contributed by atoms with Crippen LogP contribution >= 0.6 is 0 Å². The van der Waals surface area contributed by atoms with Crippen LogP contribution < -0.4 is 9.64 Å². The van der Waals surface area contributed by atoms with E-state index in [1.54, 1.807) is 7.11 Å². The van der Waals surface area contributed by atoms with Crippen LogP contribution in [0, 0.1) is 0 Å². The maximum Gasteiger partial charge on any atom is 0.227 e. The lowest BCUT2D eigenvalue weighted by atomic mass is 10.1. The molecule has 0 bridgehead atoms. The normalized spacial score (nSPS) is 17.7. The number of amides is 1. The number of methoxy groups -OCH3 is 1. The van der Waals surface area contributed by atoms with E-state index >= 15 is 0 Å². The largest absolute Gasteiger partial charge is 0.495 e. The van der Waals surface area contributed by atoms with Crippen molar-refractivity contribution in [1.29, 1.82) is 0 Å². The van der Waals surface area contributed by atoms with Gasteiger partial charge < -0.3 is 14.2 Å². The maximum absolute atomic E-state index is 12.6. The topological polar surface area (TPSA) is 47.4 Å². The number of benzene rings is 2. The molecule has 0 saturated carbocycles. The Labute approximate surface area is 140 Å². The SMILES string of the molecule is COc1ccccc1N1CC(c2nc3ccccc3n2C)CC1=O. The number of nitrogens with zero attached hydrogens (tertiary/aromatic N) is 3. The zero-order valence-corrected chi connectivity index (χ0v) is 13.8. The molecular weight excluding hydrogens is 302 g/mol. The van der Waals surface area contributed by atoms with Crippen molar-refractivity contribution in [3.8, 4) is 5.75 Å². The highest BCUT2D eigenvalue weighted by Gasteiger charge is 2.35. The number of aryl methyl sites for hydroxylation is 1. The Morgan fingerprint density at radius 2 is 1.88 bits per heavy atom. The van der Waals surface area contributed by atoms with Crippen LogP contribution in [0.2, 0.25) is 0 Å². The molecular formula is C19H19N3O2. The Balaban J connectivity index is 1.69. The molecule has 1 aliphatic rings. The predicted octanol–water partition coefficient (Wildman–Crippen LogP) is 3.10. The van der Waals surface area contributed by atoms with Crippen LogP contribution in [0.25, 0.3) is 11.0 Å². The number of fused-ring (bicyclic) bond motifs is 1. The van der Waals surface area contributed by atoms with Gasteiger partial charge in [0.15, 0.2) is 0 Å². The summed E-state index contributed by atoms with van der Waals surface area (Å²) in [6.07, 6.45) is 0.467. The van der Waals surface area contributed by atoms with Gasteiger partial charge in [-0.05, 0) is 24.3 Å². The van der Waals surface area contributed by atoms with Gasteiger partial charge in [0, 0.05) is 25.9 Å². The van der Waals surface area contributed by atoms with Crippen LogP contribution in [-0.2, 0) is 11.8 Å². The first-order chi connectivity index (χ1) is 11.7. The molecule has 1 saturated heterocycles. The number of aromatic nitrogens is 2. The Kier molecular flexibility index (Phi) is 3.49. The number of ether oxygens (including phenoxy) is 1. The molecule has 1 fully saturated rings. The summed E-state index contributed by atoms with van der Waals surface area (Å²) in [5.41, 5.74) is 2.89. The van der Waals surface area contributed by atoms with Gasteiger partial charge in [0.1, 0.15) is 11.6 Å². The molecule has 1 aliphatic heterocycles. The van der Waals surface area contributed by atoms with Crippen LogP contribution in [0.4, 0.5) is 5.69 Å². The molecule has 1 unspecified atom stereocenters. The van der Waals surface area contributed by atoms with Gasteiger partial charge in [0.2, 0.25) is 5.91 Å². The summed E-state index contributed by atoms with van der Waals surface area (Å²) in [5.74, 6) is 1.87. The lowest BCUT2D eigenvalue weighted by molar-refractivity contribution is -0.117. The maximum atomic E-state index is 12.6. The van der Waals surface area contributed by atoms with E-state index in [4.69, 9.17) is 9.72 Å². The minimum Gasteiger partial charge on any atom is -0.495 e. The number of hydrogen-bond acceptors (Lipinski definition) is 3. The number of carbonyl (C=O) groups excluding carboxylic acids is 1. The Hall–Kier alpha value is -2.82. The van der Waals surface area contributed by atoms with Gasteiger partial charge in [0.05, 0.1) is 23.8 Å². The lowest BCUT2D eigenvalue weighted by Gasteiger charge is -2.19. The number of carbonyl (C=O) groups is 1. The first-order valence-corrected chi connectivity index (χ1v) is 8.04. The molecule has 1 atom stereocenters. The third-order valence-electron chi connectivity index (χ3n) is 4.69. The van der Waals surface area contributed by atoms with Crippen LogP contribution in [0.15, 0.2) is 48.5 Å². The number of para-hydroxylation sites is 4. The van der Waals surface area contributed by atoms with E-state index in [1.807, 2.05) is 54.4 Å². The molecule has 122 valence electrons. The van der Waals surface area contributed by atoms with E-state index in [-0.39, 0.29) is 11.8 Å². The molecule has 0 aliphatic carbocycles. The summed E-state index contributed by atoms with van der Waals surface area (Å²) in [4.78, 5) is 19.1. The van der Waals surface area contributed by atoms with E-state index in [1.165, 1.54) is 0 Å². The third kappa shape index (κ3) is 2.24. The fraction of sp³-hybridized carbons (Fsp3) is 0.263. The van der Waals surface area contributed by atoms with E-state index < -0.39 is 0 Å². The average molecular weight is 321 g/mol. The molecule has 2 aromatic carbocycles. The first kappa shape index (κ1) is 14.8. The molecule has 5 nitrogen and oxygen atoms in total. The summed E-state index contributed by atoms with van der Waals surface area (Å²) in [7, 11) is 3.64. The lowest BCUT2D eigenvalue weighted by Crippen LogP contribution is -2.25. The summed E-state index contributed by atoms with van der Waals surface area (Å²) in [6, 6.07) is 15.7. The van der Waals surface area contributed by atoms with Crippen molar-refractivity contribution in [2.75, 3.05) is 18.6 Å². The second-order valence-corrected chi connectivity index (χ2v) is 6.09. The second-order valence-electron chi connectivity index (χ2n) is 6.09. The molecule has 0 spiro atoms. The van der Waals surface area contributed by atoms with Gasteiger partial charge in [-0.15, -0.1) is 0 Å². The molecule has 0 radical (unpaired) electrons. The third-order valence-corrected chi connectivity index (χ3v) is 4.69. The van der Waals surface area contributed by atoms with Crippen LogP contribution in [0.5, 0.6) is 5.75 Å². The molecule has 2 heterocycles. The highest BCUT2D eigenvalue weighted by molar-refractivity contribution is 5.97. The summed E-state index contributed by atoms with van der Waals surface area (Å²) in [6.45, 7) is 0.621. The van der Waals surface area contributed by atoms with Crippen molar-refractivity contribution < 1.29 is 9.53 Å². The van der Waals surface area contributed by atoms with Crippen molar-refractivity contribution in [2.24, 2.45) is 7.05 Å². The van der Waals surface area contributed by atoms with Gasteiger partial charge in [-0.3, -0.25) is 4.79 Å². The number of anilines is 1. The molecule has 24 heavy (non-hydrogen) atoms.